The summed E-state index contributed by atoms with van der Waals surface area (Å²) in [6.45, 7) is 0.451. The maximum absolute atomic E-state index is 12.6. The monoisotopic (exact) mass is 342 g/mol. The molecule has 1 fully saturated rings. The molecule has 0 saturated carbocycles. The molecule has 2 N–H and O–H groups in total. The number of hydrogen-bond donors (Lipinski definition) is 2. The van der Waals surface area contributed by atoms with Crippen LogP contribution >= 0.6 is 23.2 Å². The number of fused-ring (bicyclic) bond motifs is 1. The van der Waals surface area contributed by atoms with Gasteiger partial charge in [0, 0.05) is 22.5 Å². The van der Waals surface area contributed by atoms with Crippen molar-refractivity contribution in [2.45, 2.75) is 6.04 Å². The molecule has 3 rings (SSSR count). The Morgan fingerprint density at radius 3 is 2.86 bits per heavy atom. The van der Waals surface area contributed by atoms with Gasteiger partial charge >= 0.3 is 5.97 Å². The zero-order valence-electron chi connectivity index (χ0n) is 11.3. The van der Waals surface area contributed by atoms with Crippen LogP contribution < -0.4 is 0 Å². The Kier molecular flexibility index (Phi) is 3.99. The quantitative estimate of drug-likeness (QED) is 0.877. The molecule has 6 nitrogen and oxygen atoms in total. The van der Waals surface area contributed by atoms with Crippen molar-refractivity contribution >= 4 is 46.0 Å². The van der Waals surface area contributed by atoms with Crippen molar-refractivity contribution in [3.05, 3.63) is 33.9 Å². The molecule has 1 aliphatic rings. The van der Waals surface area contributed by atoms with Gasteiger partial charge in [0.25, 0.3) is 5.91 Å². The van der Waals surface area contributed by atoms with Crippen LogP contribution in [-0.2, 0) is 9.53 Å². The maximum atomic E-state index is 12.6. The van der Waals surface area contributed by atoms with Gasteiger partial charge in [-0.3, -0.25) is 4.79 Å². The van der Waals surface area contributed by atoms with Gasteiger partial charge < -0.3 is 19.7 Å². The highest BCUT2D eigenvalue weighted by molar-refractivity contribution is 6.39. The number of nitrogens with zero attached hydrogens (tertiary/aromatic N) is 1. The lowest BCUT2D eigenvalue weighted by molar-refractivity contribution is -0.147. The van der Waals surface area contributed by atoms with Crippen molar-refractivity contribution in [3.8, 4) is 0 Å². The van der Waals surface area contributed by atoms with Gasteiger partial charge in [-0.2, -0.15) is 0 Å². The highest BCUT2D eigenvalue weighted by Gasteiger charge is 2.35. The number of aromatic amines is 1. The van der Waals surface area contributed by atoms with E-state index in [1.165, 1.54) is 4.90 Å². The van der Waals surface area contributed by atoms with Crippen LogP contribution in [0.25, 0.3) is 10.9 Å². The number of hydrogen-bond acceptors (Lipinski definition) is 3. The van der Waals surface area contributed by atoms with E-state index in [-0.39, 0.29) is 23.9 Å². The molecule has 1 aliphatic heterocycles. The number of carbonyl (C=O) groups is 2. The third-order valence-electron chi connectivity index (χ3n) is 3.59. The number of carboxylic acids is 1. The molecule has 0 unspecified atom stereocenters. The van der Waals surface area contributed by atoms with E-state index >= 15 is 0 Å². The molecule has 0 spiro atoms. The minimum Gasteiger partial charge on any atom is -0.480 e. The minimum absolute atomic E-state index is 0.0370. The summed E-state index contributed by atoms with van der Waals surface area (Å²) in [6.07, 6.45) is 0. The molecule has 116 valence electrons. The first-order valence-electron chi connectivity index (χ1n) is 6.57. The minimum atomic E-state index is -1.11. The normalized spacial score (nSPS) is 18.6. The predicted molar refractivity (Wildman–Crippen MR) is 81.6 cm³/mol. The van der Waals surface area contributed by atoms with E-state index in [4.69, 9.17) is 27.9 Å². The summed E-state index contributed by atoms with van der Waals surface area (Å²) >= 11 is 12.2. The Balaban J connectivity index is 2.01. The van der Waals surface area contributed by atoms with E-state index in [9.17, 15) is 14.7 Å². The standard InChI is InChI=1S/C14H12Cl2N2O4/c15-7-1-2-9-8(5-7)11(16)12(17-9)13(19)18-3-4-22-6-10(18)14(20)21/h1-2,5,10,17H,3-4,6H2,(H,20,21)/t10-/m1/s1. The second-order valence-electron chi connectivity index (χ2n) is 4.93. The lowest BCUT2D eigenvalue weighted by Gasteiger charge is -2.32. The fraction of sp³-hybridized carbons (Fsp3) is 0.286. The molecule has 1 amide bonds. The highest BCUT2D eigenvalue weighted by Crippen LogP contribution is 2.31. The van der Waals surface area contributed by atoms with Gasteiger partial charge in [0.05, 0.1) is 18.2 Å². The summed E-state index contributed by atoms with van der Waals surface area (Å²) in [4.78, 5) is 28.1. The number of morpholine rings is 1. The zero-order chi connectivity index (χ0) is 15.9. The number of halogens is 2. The van der Waals surface area contributed by atoms with Crippen LogP contribution in [-0.4, -0.2) is 52.7 Å². The van der Waals surface area contributed by atoms with Gasteiger partial charge in [-0.15, -0.1) is 0 Å². The smallest absolute Gasteiger partial charge is 0.328 e. The Morgan fingerprint density at radius 2 is 2.14 bits per heavy atom. The number of carbonyl (C=O) groups excluding carboxylic acids is 1. The third kappa shape index (κ3) is 2.54. The molecule has 0 aliphatic carbocycles. The lowest BCUT2D eigenvalue weighted by atomic mass is 10.2. The second-order valence-corrected chi connectivity index (χ2v) is 5.75. The molecule has 8 heteroatoms. The number of aliphatic carboxylic acids is 1. The summed E-state index contributed by atoms with van der Waals surface area (Å²) < 4.78 is 5.13. The molecular weight excluding hydrogens is 331 g/mol. The van der Waals surface area contributed by atoms with E-state index in [0.717, 1.165) is 0 Å². The number of nitrogens with one attached hydrogen (secondary N) is 1. The average molecular weight is 343 g/mol. The average Bonchev–Trinajstić information content (AvgIpc) is 2.83. The van der Waals surface area contributed by atoms with Gasteiger partial charge in [0.2, 0.25) is 0 Å². The Morgan fingerprint density at radius 1 is 1.36 bits per heavy atom. The van der Waals surface area contributed by atoms with Crippen molar-refractivity contribution in [1.82, 2.24) is 9.88 Å². The van der Waals surface area contributed by atoms with E-state index in [2.05, 4.69) is 4.98 Å². The Bertz CT molecular complexity index is 759. The topological polar surface area (TPSA) is 82.6 Å². The highest BCUT2D eigenvalue weighted by atomic mass is 35.5. The first-order valence-corrected chi connectivity index (χ1v) is 7.33. The molecule has 0 bridgehead atoms. The third-order valence-corrected chi connectivity index (χ3v) is 4.21. The Labute approximate surface area is 135 Å². The van der Waals surface area contributed by atoms with Crippen LogP contribution in [0.15, 0.2) is 18.2 Å². The van der Waals surface area contributed by atoms with Crippen LogP contribution in [0, 0.1) is 0 Å². The van der Waals surface area contributed by atoms with Crippen molar-refractivity contribution < 1.29 is 19.4 Å². The van der Waals surface area contributed by atoms with Crippen LogP contribution in [0.4, 0.5) is 0 Å². The number of ether oxygens (including phenoxy) is 1. The number of carboxylic acid groups (broad SMARTS) is 1. The van der Waals surface area contributed by atoms with Crippen molar-refractivity contribution in [1.29, 1.82) is 0 Å². The number of rotatable bonds is 2. The zero-order valence-corrected chi connectivity index (χ0v) is 12.8. The summed E-state index contributed by atoms with van der Waals surface area (Å²) in [5.41, 5.74) is 0.824. The van der Waals surface area contributed by atoms with E-state index in [1.54, 1.807) is 18.2 Å². The summed E-state index contributed by atoms with van der Waals surface area (Å²) in [7, 11) is 0. The molecule has 1 saturated heterocycles. The first-order chi connectivity index (χ1) is 10.5. The van der Waals surface area contributed by atoms with Gasteiger partial charge in [-0.25, -0.2) is 4.79 Å². The first kappa shape index (κ1) is 15.1. The van der Waals surface area contributed by atoms with Gasteiger partial charge in [-0.1, -0.05) is 23.2 Å². The number of H-pyrrole nitrogens is 1. The molecular formula is C14H12Cl2N2O4. The van der Waals surface area contributed by atoms with E-state index < -0.39 is 17.9 Å². The van der Waals surface area contributed by atoms with Gasteiger partial charge in [0.15, 0.2) is 6.04 Å². The summed E-state index contributed by atoms with van der Waals surface area (Å²) in [5, 5.41) is 10.6. The van der Waals surface area contributed by atoms with Gasteiger partial charge in [-0.05, 0) is 18.2 Å². The molecule has 1 aromatic heterocycles. The fourth-order valence-electron chi connectivity index (χ4n) is 2.47. The molecule has 0 radical (unpaired) electrons. The Hall–Kier alpha value is -1.76. The van der Waals surface area contributed by atoms with Gasteiger partial charge in [0.1, 0.15) is 5.69 Å². The van der Waals surface area contributed by atoms with Crippen molar-refractivity contribution in [3.63, 3.8) is 0 Å². The van der Waals surface area contributed by atoms with Crippen LogP contribution in [0.1, 0.15) is 10.5 Å². The van der Waals surface area contributed by atoms with E-state index in [1.807, 2.05) is 0 Å². The van der Waals surface area contributed by atoms with Crippen molar-refractivity contribution in [2.24, 2.45) is 0 Å². The number of benzene rings is 1. The van der Waals surface area contributed by atoms with Crippen molar-refractivity contribution in [2.75, 3.05) is 19.8 Å². The molecule has 22 heavy (non-hydrogen) atoms. The second kappa shape index (κ2) is 5.79. The van der Waals surface area contributed by atoms with E-state index in [0.29, 0.717) is 22.5 Å². The summed E-state index contributed by atoms with van der Waals surface area (Å²) in [6, 6.07) is 4.03. The molecule has 1 atom stereocenters. The largest absolute Gasteiger partial charge is 0.480 e. The summed E-state index contributed by atoms with van der Waals surface area (Å²) in [5.74, 6) is -1.57. The fourth-order valence-corrected chi connectivity index (χ4v) is 2.93. The SMILES string of the molecule is O=C(O)[C@H]1COCCN1C(=O)c1[nH]c2ccc(Cl)cc2c1Cl. The lowest BCUT2D eigenvalue weighted by Crippen LogP contribution is -2.52. The molecule has 1 aromatic carbocycles. The van der Waals surface area contributed by atoms with Crippen LogP contribution in [0.3, 0.4) is 0 Å². The number of aromatic nitrogens is 1. The molecule has 2 heterocycles. The molecule has 2 aromatic rings. The van der Waals surface area contributed by atoms with Crippen LogP contribution in [0.2, 0.25) is 10.0 Å². The van der Waals surface area contributed by atoms with Crippen LogP contribution in [0.5, 0.6) is 0 Å². The maximum Gasteiger partial charge on any atom is 0.328 e. The number of amides is 1. The predicted octanol–water partition coefficient (Wildman–Crippen LogP) is 2.40.